The topological polar surface area (TPSA) is 118 Å². The van der Waals surface area contributed by atoms with E-state index in [-0.39, 0.29) is 11.7 Å². The predicted octanol–water partition coefficient (Wildman–Crippen LogP) is 3.20. The number of anilines is 1. The summed E-state index contributed by atoms with van der Waals surface area (Å²) in [7, 11) is -3.03. The van der Waals surface area contributed by atoms with Crippen LogP contribution in [0.1, 0.15) is 29.6 Å². The van der Waals surface area contributed by atoms with Crippen LogP contribution in [-0.4, -0.2) is 58.3 Å². The summed E-state index contributed by atoms with van der Waals surface area (Å²) in [6.07, 6.45) is 10.9. The average molecular weight is 491 g/mol. The quantitative estimate of drug-likeness (QED) is 0.346. The standard InChI is InChI=1S/C25H26N6O3S/c1-35(33,34)14-2-11-27-23-24-28-15-22(31(24)16-21(30-23)17-9-12-26-13-10-17)18-3-5-19(6-4-18)25(32)29-20-7-8-20/h3-6,9-10,12-13,15-16,20H,2,7-8,11,14H2,1H3,(H,27,30)(H,29,32). The van der Waals surface area contributed by atoms with E-state index in [1.165, 1.54) is 6.26 Å². The molecule has 3 heterocycles. The molecule has 180 valence electrons. The number of hydrogen-bond donors (Lipinski definition) is 2. The second-order valence-corrected chi connectivity index (χ2v) is 11.0. The van der Waals surface area contributed by atoms with Crippen molar-refractivity contribution in [2.24, 2.45) is 0 Å². The van der Waals surface area contributed by atoms with E-state index in [9.17, 15) is 13.2 Å². The lowest BCUT2D eigenvalue weighted by molar-refractivity contribution is 0.0951. The van der Waals surface area contributed by atoms with Crippen LogP contribution in [0.3, 0.4) is 0 Å². The van der Waals surface area contributed by atoms with Crippen molar-refractivity contribution in [1.29, 1.82) is 0 Å². The summed E-state index contributed by atoms with van der Waals surface area (Å²) in [4.78, 5) is 25.8. The van der Waals surface area contributed by atoms with E-state index in [0.717, 1.165) is 35.4 Å². The molecule has 10 heteroatoms. The Bertz CT molecular complexity index is 1460. The Morgan fingerprint density at radius 3 is 2.51 bits per heavy atom. The highest BCUT2D eigenvalue weighted by Gasteiger charge is 2.23. The number of sulfone groups is 1. The molecule has 0 spiro atoms. The molecule has 1 saturated carbocycles. The van der Waals surface area contributed by atoms with Crippen molar-refractivity contribution in [3.05, 3.63) is 66.7 Å². The fourth-order valence-electron chi connectivity index (χ4n) is 3.81. The summed E-state index contributed by atoms with van der Waals surface area (Å²) in [6, 6.07) is 11.5. The SMILES string of the molecule is CS(=O)(=O)CCCNc1nc(-c2ccncc2)cn2c(-c3ccc(C(=O)NC4CC4)cc3)cnc12. The molecule has 0 radical (unpaired) electrons. The lowest BCUT2D eigenvalue weighted by Gasteiger charge is -2.11. The molecule has 0 unspecified atom stereocenters. The molecular formula is C25H26N6O3S. The first-order chi connectivity index (χ1) is 16.9. The molecule has 0 saturated heterocycles. The van der Waals surface area contributed by atoms with Crippen LogP contribution in [0.25, 0.3) is 28.2 Å². The van der Waals surface area contributed by atoms with Gasteiger partial charge in [-0.05, 0) is 43.5 Å². The molecule has 1 aliphatic rings. The molecule has 4 aromatic rings. The van der Waals surface area contributed by atoms with Gasteiger partial charge >= 0.3 is 0 Å². The maximum absolute atomic E-state index is 12.4. The van der Waals surface area contributed by atoms with Gasteiger partial charge in [-0.15, -0.1) is 0 Å². The maximum atomic E-state index is 12.4. The Hall–Kier alpha value is -3.79. The van der Waals surface area contributed by atoms with Gasteiger partial charge in [0.1, 0.15) is 9.84 Å². The molecule has 5 rings (SSSR count). The molecular weight excluding hydrogens is 464 g/mol. The highest BCUT2D eigenvalue weighted by atomic mass is 32.2. The average Bonchev–Trinajstić information content (AvgIpc) is 3.56. The van der Waals surface area contributed by atoms with E-state index in [4.69, 9.17) is 4.98 Å². The van der Waals surface area contributed by atoms with E-state index in [1.54, 1.807) is 18.6 Å². The number of carbonyl (C=O) groups excluding carboxylic acids is 1. The van der Waals surface area contributed by atoms with Gasteiger partial charge in [-0.1, -0.05) is 12.1 Å². The Morgan fingerprint density at radius 2 is 1.83 bits per heavy atom. The molecule has 0 bridgehead atoms. The van der Waals surface area contributed by atoms with Gasteiger partial charge in [-0.2, -0.15) is 0 Å². The van der Waals surface area contributed by atoms with Crippen molar-refractivity contribution in [2.75, 3.05) is 23.9 Å². The summed E-state index contributed by atoms with van der Waals surface area (Å²) in [6.45, 7) is 0.447. The van der Waals surface area contributed by atoms with Crippen molar-refractivity contribution < 1.29 is 13.2 Å². The minimum atomic E-state index is -3.03. The fourth-order valence-corrected chi connectivity index (χ4v) is 4.48. The van der Waals surface area contributed by atoms with E-state index in [2.05, 4.69) is 20.6 Å². The lowest BCUT2D eigenvalue weighted by atomic mass is 10.1. The van der Waals surface area contributed by atoms with Gasteiger partial charge < -0.3 is 10.6 Å². The van der Waals surface area contributed by atoms with Crippen LogP contribution in [0, 0.1) is 0 Å². The highest BCUT2D eigenvalue weighted by molar-refractivity contribution is 7.90. The molecule has 0 aliphatic heterocycles. The number of nitrogens with zero attached hydrogens (tertiary/aromatic N) is 4. The monoisotopic (exact) mass is 490 g/mol. The van der Waals surface area contributed by atoms with Crippen molar-refractivity contribution in [3.63, 3.8) is 0 Å². The number of benzene rings is 1. The Morgan fingerprint density at radius 1 is 1.09 bits per heavy atom. The molecule has 2 N–H and O–H groups in total. The summed E-state index contributed by atoms with van der Waals surface area (Å²) in [5, 5.41) is 6.26. The summed E-state index contributed by atoms with van der Waals surface area (Å²) >= 11 is 0. The molecule has 1 aromatic carbocycles. The van der Waals surface area contributed by atoms with Gasteiger partial charge in [0.25, 0.3) is 5.91 Å². The van der Waals surface area contributed by atoms with Crippen LogP contribution >= 0.6 is 0 Å². The molecule has 1 fully saturated rings. The fraction of sp³-hybridized carbons (Fsp3) is 0.280. The van der Waals surface area contributed by atoms with E-state index in [1.807, 2.05) is 47.0 Å². The van der Waals surface area contributed by atoms with Gasteiger partial charge in [0.2, 0.25) is 0 Å². The maximum Gasteiger partial charge on any atom is 0.251 e. The summed E-state index contributed by atoms with van der Waals surface area (Å²) < 4.78 is 24.9. The third kappa shape index (κ3) is 5.48. The second kappa shape index (κ2) is 9.46. The molecule has 1 aliphatic carbocycles. The number of hydrogen-bond acceptors (Lipinski definition) is 7. The number of carbonyl (C=O) groups is 1. The molecule has 9 nitrogen and oxygen atoms in total. The Balaban J connectivity index is 1.48. The van der Waals surface area contributed by atoms with Crippen molar-refractivity contribution >= 4 is 27.2 Å². The van der Waals surface area contributed by atoms with Gasteiger partial charge in [0.05, 0.1) is 23.3 Å². The van der Waals surface area contributed by atoms with Gasteiger partial charge in [0.15, 0.2) is 11.5 Å². The van der Waals surface area contributed by atoms with Crippen LogP contribution in [-0.2, 0) is 9.84 Å². The Labute approximate surface area is 203 Å². The second-order valence-electron chi connectivity index (χ2n) is 8.78. The van der Waals surface area contributed by atoms with Gasteiger partial charge in [0, 0.05) is 54.1 Å². The zero-order chi connectivity index (χ0) is 24.4. The first-order valence-corrected chi connectivity index (χ1v) is 13.5. The first-order valence-electron chi connectivity index (χ1n) is 11.5. The molecule has 1 amide bonds. The van der Waals surface area contributed by atoms with Crippen LogP contribution in [0.2, 0.25) is 0 Å². The third-order valence-corrected chi connectivity index (χ3v) is 6.84. The van der Waals surface area contributed by atoms with Crippen molar-refractivity contribution in [2.45, 2.75) is 25.3 Å². The lowest BCUT2D eigenvalue weighted by Crippen LogP contribution is -2.25. The van der Waals surface area contributed by atoms with E-state index < -0.39 is 9.84 Å². The number of nitrogens with one attached hydrogen (secondary N) is 2. The van der Waals surface area contributed by atoms with Gasteiger partial charge in [-0.25, -0.2) is 18.4 Å². The molecule has 0 atom stereocenters. The van der Waals surface area contributed by atoms with Crippen LogP contribution in [0.15, 0.2) is 61.2 Å². The summed E-state index contributed by atoms with van der Waals surface area (Å²) in [5.41, 5.74) is 4.65. The van der Waals surface area contributed by atoms with Crippen LogP contribution in [0.5, 0.6) is 0 Å². The number of pyridine rings is 1. The molecule has 35 heavy (non-hydrogen) atoms. The van der Waals surface area contributed by atoms with Crippen LogP contribution < -0.4 is 10.6 Å². The minimum Gasteiger partial charge on any atom is -0.367 e. The Kier molecular flexibility index (Phi) is 6.21. The van der Waals surface area contributed by atoms with Crippen molar-refractivity contribution in [3.8, 4) is 22.5 Å². The highest BCUT2D eigenvalue weighted by Crippen LogP contribution is 2.28. The largest absolute Gasteiger partial charge is 0.367 e. The number of fused-ring (bicyclic) bond motifs is 1. The molecule has 3 aromatic heterocycles. The third-order valence-electron chi connectivity index (χ3n) is 5.81. The summed E-state index contributed by atoms with van der Waals surface area (Å²) in [5.74, 6) is 0.613. The number of aromatic nitrogens is 4. The smallest absolute Gasteiger partial charge is 0.251 e. The minimum absolute atomic E-state index is 0.0538. The van der Waals surface area contributed by atoms with Crippen molar-refractivity contribution in [1.82, 2.24) is 24.7 Å². The predicted molar refractivity (Wildman–Crippen MR) is 135 cm³/mol. The number of rotatable bonds is 9. The number of amides is 1. The van der Waals surface area contributed by atoms with E-state index in [0.29, 0.717) is 36.0 Å². The first kappa shape index (κ1) is 23.0. The van der Waals surface area contributed by atoms with Crippen LogP contribution in [0.4, 0.5) is 5.82 Å². The zero-order valence-corrected chi connectivity index (χ0v) is 20.1. The number of imidazole rings is 1. The zero-order valence-electron chi connectivity index (χ0n) is 19.3. The normalized spacial score (nSPS) is 13.6. The van der Waals surface area contributed by atoms with Gasteiger partial charge in [-0.3, -0.25) is 14.2 Å². The van der Waals surface area contributed by atoms with E-state index >= 15 is 0 Å².